The average molecular weight is 164 g/mol. The van der Waals surface area contributed by atoms with Crippen LogP contribution in [0.3, 0.4) is 0 Å². The Kier molecular flexibility index (Phi) is 1.51. The van der Waals surface area contributed by atoms with Gasteiger partial charge in [0.25, 0.3) is 0 Å². The number of benzene rings is 1. The van der Waals surface area contributed by atoms with Crippen LogP contribution in [0.15, 0.2) is 36.7 Å². The van der Waals surface area contributed by atoms with E-state index in [0.717, 1.165) is 10.8 Å². The molecule has 0 spiro atoms. The normalized spacial score (nSPS) is 10.3. The zero-order chi connectivity index (χ0) is 7.68. The molecule has 0 atom stereocenters. The molecule has 0 N–H and O–H groups in total. The van der Waals surface area contributed by atoms with E-state index >= 15 is 0 Å². The van der Waals surface area contributed by atoms with Gasteiger partial charge in [-0.15, -0.1) is 0 Å². The van der Waals surface area contributed by atoms with Gasteiger partial charge in [0.1, 0.15) is 0 Å². The predicted molar refractivity (Wildman–Crippen MR) is 46.8 cm³/mol. The molecule has 2 rings (SSSR count). The van der Waals surface area contributed by atoms with E-state index in [1.54, 1.807) is 12.4 Å². The average Bonchev–Trinajstić information content (AvgIpc) is 2.06. The highest BCUT2D eigenvalue weighted by Gasteiger charge is 1.95. The Morgan fingerprint density at radius 3 is 2.73 bits per heavy atom. The maximum absolute atomic E-state index is 5.89. The van der Waals surface area contributed by atoms with Gasteiger partial charge >= 0.3 is 0 Å². The Morgan fingerprint density at radius 1 is 1.09 bits per heavy atom. The van der Waals surface area contributed by atoms with E-state index in [0.29, 0.717) is 5.02 Å². The SMILES string of the molecule is Clc1cncc2ccccc12. The first-order valence-corrected chi connectivity index (χ1v) is 3.74. The van der Waals surface area contributed by atoms with Gasteiger partial charge < -0.3 is 0 Å². The summed E-state index contributed by atoms with van der Waals surface area (Å²) in [5.41, 5.74) is 0. The number of halogens is 1. The van der Waals surface area contributed by atoms with E-state index in [4.69, 9.17) is 11.6 Å². The molecule has 2 heteroatoms. The van der Waals surface area contributed by atoms with Crippen LogP contribution in [-0.4, -0.2) is 4.98 Å². The van der Waals surface area contributed by atoms with Crippen molar-refractivity contribution in [3.05, 3.63) is 41.7 Å². The minimum absolute atomic E-state index is 0.711. The van der Waals surface area contributed by atoms with Gasteiger partial charge in [-0.1, -0.05) is 35.9 Å². The van der Waals surface area contributed by atoms with E-state index in [2.05, 4.69) is 4.98 Å². The van der Waals surface area contributed by atoms with E-state index in [-0.39, 0.29) is 0 Å². The predicted octanol–water partition coefficient (Wildman–Crippen LogP) is 2.89. The molecule has 1 nitrogen and oxygen atoms in total. The molecule has 0 saturated heterocycles. The van der Waals surface area contributed by atoms with E-state index in [1.807, 2.05) is 24.3 Å². The maximum atomic E-state index is 5.89. The summed E-state index contributed by atoms with van der Waals surface area (Å²) in [6, 6.07) is 7.92. The zero-order valence-corrected chi connectivity index (χ0v) is 6.55. The van der Waals surface area contributed by atoms with Crippen LogP contribution < -0.4 is 0 Å². The summed E-state index contributed by atoms with van der Waals surface area (Å²) in [6.45, 7) is 0. The molecule has 0 aliphatic rings. The maximum Gasteiger partial charge on any atom is 0.0667 e. The van der Waals surface area contributed by atoms with E-state index in [1.165, 1.54) is 0 Å². The van der Waals surface area contributed by atoms with Crippen molar-refractivity contribution in [3.8, 4) is 0 Å². The molecular weight excluding hydrogens is 158 g/mol. The molecule has 1 heterocycles. The van der Waals surface area contributed by atoms with Gasteiger partial charge in [-0.05, 0) is 0 Å². The summed E-state index contributed by atoms with van der Waals surface area (Å²) in [5.74, 6) is 0. The van der Waals surface area contributed by atoms with E-state index in [9.17, 15) is 0 Å². The second kappa shape index (κ2) is 2.51. The minimum Gasteiger partial charge on any atom is -0.263 e. The van der Waals surface area contributed by atoms with Crippen molar-refractivity contribution >= 4 is 22.4 Å². The number of hydrogen-bond donors (Lipinski definition) is 0. The van der Waals surface area contributed by atoms with Gasteiger partial charge in [-0.2, -0.15) is 0 Å². The summed E-state index contributed by atoms with van der Waals surface area (Å²) in [6.07, 6.45) is 3.46. The number of rotatable bonds is 0. The molecular formula is C9H6ClN. The molecule has 11 heavy (non-hydrogen) atoms. The smallest absolute Gasteiger partial charge is 0.0667 e. The molecule has 0 fully saturated rings. The highest BCUT2D eigenvalue weighted by molar-refractivity contribution is 6.35. The third-order valence-electron chi connectivity index (χ3n) is 1.62. The number of nitrogens with zero attached hydrogens (tertiary/aromatic N) is 1. The molecule has 0 saturated carbocycles. The highest BCUT2D eigenvalue weighted by Crippen LogP contribution is 2.20. The van der Waals surface area contributed by atoms with Crippen LogP contribution in [0, 0.1) is 0 Å². The molecule has 0 amide bonds. The van der Waals surface area contributed by atoms with Crippen LogP contribution >= 0.6 is 11.6 Å². The third-order valence-corrected chi connectivity index (χ3v) is 1.92. The van der Waals surface area contributed by atoms with Gasteiger partial charge in [0.2, 0.25) is 0 Å². The lowest BCUT2D eigenvalue weighted by molar-refractivity contribution is 1.36. The molecule has 0 aliphatic heterocycles. The van der Waals surface area contributed by atoms with Gasteiger partial charge in [0.05, 0.1) is 5.02 Å². The summed E-state index contributed by atoms with van der Waals surface area (Å²) in [5, 5.41) is 2.85. The van der Waals surface area contributed by atoms with Crippen molar-refractivity contribution in [3.63, 3.8) is 0 Å². The van der Waals surface area contributed by atoms with Gasteiger partial charge in [0, 0.05) is 23.2 Å². The van der Waals surface area contributed by atoms with E-state index < -0.39 is 0 Å². The summed E-state index contributed by atoms with van der Waals surface area (Å²) < 4.78 is 0. The molecule has 0 unspecified atom stereocenters. The van der Waals surface area contributed by atoms with Crippen molar-refractivity contribution in [1.29, 1.82) is 0 Å². The molecule has 1 aromatic heterocycles. The molecule has 2 aromatic rings. The Balaban J connectivity index is 2.91. The standard InChI is InChI=1S/C9H6ClN/c10-9-6-11-5-7-3-1-2-4-8(7)9/h1-6H. The van der Waals surface area contributed by atoms with Crippen LogP contribution in [0.1, 0.15) is 0 Å². The molecule has 0 bridgehead atoms. The van der Waals surface area contributed by atoms with Crippen molar-refractivity contribution in [2.45, 2.75) is 0 Å². The van der Waals surface area contributed by atoms with Crippen LogP contribution in [0.2, 0.25) is 5.02 Å². The third kappa shape index (κ3) is 1.08. The van der Waals surface area contributed by atoms with Crippen LogP contribution in [0.25, 0.3) is 10.8 Å². The summed E-state index contributed by atoms with van der Waals surface area (Å²) in [7, 11) is 0. The lowest BCUT2D eigenvalue weighted by Gasteiger charge is -1.96. The summed E-state index contributed by atoms with van der Waals surface area (Å²) >= 11 is 5.89. The Bertz CT molecular complexity index is 379. The second-order valence-electron chi connectivity index (χ2n) is 2.34. The summed E-state index contributed by atoms with van der Waals surface area (Å²) in [4.78, 5) is 3.98. The Hall–Kier alpha value is -1.08. The fourth-order valence-corrected chi connectivity index (χ4v) is 1.31. The fraction of sp³-hybridized carbons (Fsp3) is 0. The van der Waals surface area contributed by atoms with Crippen molar-refractivity contribution in [2.24, 2.45) is 0 Å². The fourth-order valence-electron chi connectivity index (χ4n) is 1.08. The van der Waals surface area contributed by atoms with Crippen LogP contribution in [0.5, 0.6) is 0 Å². The Morgan fingerprint density at radius 2 is 1.91 bits per heavy atom. The highest BCUT2D eigenvalue weighted by atomic mass is 35.5. The van der Waals surface area contributed by atoms with Crippen LogP contribution in [-0.2, 0) is 0 Å². The Labute approximate surface area is 69.6 Å². The topological polar surface area (TPSA) is 12.9 Å². The second-order valence-corrected chi connectivity index (χ2v) is 2.75. The molecule has 54 valence electrons. The molecule has 1 aromatic carbocycles. The quantitative estimate of drug-likeness (QED) is 0.582. The zero-order valence-electron chi connectivity index (χ0n) is 5.79. The van der Waals surface area contributed by atoms with Gasteiger partial charge in [-0.3, -0.25) is 4.98 Å². The lowest BCUT2D eigenvalue weighted by Crippen LogP contribution is -1.75. The monoisotopic (exact) mass is 163 g/mol. The number of hydrogen-bond acceptors (Lipinski definition) is 1. The lowest BCUT2D eigenvalue weighted by atomic mass is 10.2. The number of fused-ring (bicyclic) bond motifs is 1. The molecule has 0 aliphatic carbocycles. The molecule has 0 radical (unpaired) electrons. The largest absolute Gasteiger partial charge is 0.263 e. The van der Waals surface area contributed by atoms with Crippen molar-refractivity contribution in [2.75, 3.05) is 0 Å². The minimum atomic E-state index is 0.711. The first-order valence-electron chi connectivity index (χ1n) is 3.36. The first-order chi connectivity index (χ1) is 5.38. The van der Waals surface area contributed by atoms with Crippen molar-refractivity contribution < 1.29 is 0 Å². The first kappa shape index (κ1) is 6.62. The number of pyridine rings is 1. The van der Waals surface area contributed by atoms with Gasteiger partial charge in [-0.25, -0.2) is 0 Å². The van der Waals surface area contributed by atoms with Crippen molar-refractivity contribution in [1.82, 2.24) is 4.98 Å². The number of aromatic nitrogens is 1. The van der Waals surface area contributed by atoms with Gasteiger partial charge in [0.15, 0.2) is 0 Å². The van der Waals surface area contributed by atoms with Crippen LogP contribution in [0.4, 0.5) is 0 Å².